The fourth-order valence-electron chi connectivity index (χ4n) is 2.39. The van der Waals surface area contributed by atoms with Gasteiger partial charge in [0, 0.05) is 40.9 Å². The second-order valence-corrected chi connectivity index (χ2v) is 5.61. The molecule has 0 spiro atoms. The van der Waals surface area contributed by atoms with Gasteiger partial charge in [-0.25, -0.2) is 4.39 Å². The Balaban J connectivity index is 1.87. The van der Waals surface area contributed by atoms with Crippen molar-refractivity contribution in [3.63, 3.8) is 0 Å². The van der Waals surface area contributed by atoms with E-state index in [2.05, 4.69) is 44.1 Å². The molecule has 3 rings (SSSR count). The van der Waals surface area contributed by atoms with Crippen molar-refractivity contribution in [3.8, 4) is 0 Å². The van der Waals surface area contributed by atoms with Crippen LogP contribution in [0.2, 0.25) is 0 Å². The lowest BCUT2D eigenvalue weighted by Crippen LogP contribution is -1.99. The zero-order chi connectivity index (χ0) is 14.1. The predicted molar refractivity (Wildman–Crippen MR) is 84.3 cm³/mol. The third kappa shape index (κ3) is 2.43. The van der Waals surface area contributed by atoms with Crippen LogP contribution >= 0.6 is 15.9 Å². The van der Waals surface area contributed by atoms with E-state index in [4.69, 9.17) is 0 Å². The normalized spacial score (nSPS) is 10.9. The first-order valence-electron chi connectivity index (χ1n) is 6.37. The Morgan fingerprint density at radius 1 is 1.20 bits per heavy atom. The van der Waals surface area contributed by atoms with Crippen molar-refractivity contribution in [1.29, 1.82) is 0 Å². The molecule has 1 aromatic heterocycles. The molecule has 102 valence electrons. The van der Waals surface area contributed by atoms with Crippen LogP contribution in [0.4, 0.5) is 10.1 Å². The molecule has 2 aromatic carbocycles. The van der Waals surface area contributed by atoms with Gasteiger partial charge in [-0.15, -0.1) is 0 Å². The Hall–Kier alpha value is -1.81. The number of para-hydroxylation sites is 1. The maximum absolute atomic E-state index is 13.1. The van der Waals surface area contributed by atoms with Crippen molar-refractivity contribution in [1.82, 2.24) is 4.57 Å². The Bertz CT molecular complexity index is 764. The van der Waals surface area contributed by atoms with Gasteiger partial charge in [0.2, 0.25) is 0 Å². The summed E-state index contributed by atoms with van der Waals surface area (Å²) in [4.78, 5) is 0. The van der Waals surface area contributed by atoms with Gasteiger partial charge in [-0.05, 0) is 45.8 Å². The zero-order valence-electron chi connectivity index (χ0n) is 11.0. The summed E-state index contributed by atoms with van der Waals surface area (Å²) in [5, 5.41) is 4.57. The number of halogens is 2. The molecule has 0 radical (unpaired) electrons. The average molecular weight is 333 g/mol. The minimum absolute atomic E-state index is 0.243. The van der Waals surface area contributed by atoms with E-state index < -0.39 is 0 Å². The molecule has 0 saturated carbocycles. The number of hydrogen-bond acceptors (Lipinski definition) is 1. The lowest BCUT2D eigenvalue weighted by molar-refractivity contribution is 0.627. The van der Waals surface area contributed by atoms with Gasteiger partial charge in [0.25, 0.3) is 0 Å². The number of aromatic nitrogens is 1. The standard InChI is InChI=1S/C16H14BrFN2/c1-20-10-11(13-4-2-3-5-16(13)20)9-19-15-7-6-12(18)8-14(15)17/h2-8,10,19H,9H2,1H3. The maximum Gasteiger partial charge on any atom is 0.124 e. The van der Waals surface area contributed by atoms with Crippen molar-refractivity contribution in [3.05, 3.63) is 64.5 Å². The monoisotopic (exact) mass is 332 g/mol. The van der Waals surface area contributed by atoms with Crippen LogP contribution in [0.15, 0.2) is 53.1 Å². The smallest absolute Gasteiger partial charge is 0.124 e. The highest BCUT2D eigenvalue weighted by atomic mass is 79.9. The lowest BCUT2D eigenvalue weighted by atomic mass is 10.2. The number of nitrogens with one attached hydrogen (secondary N) is 1. The third-order valence-electron chi connectivity index (χ3n) is 3.38. The van der Waals surface area contributed by atoms with Crippen LogP contribution in [0.1, 0.15) is 5.56 Å². The molecule has 0 bridgehead atoms. The number of benzene rings is 2. The molecule has 2 nitrogen and oxygen atoms in total. The summed E-state index contributed by atoms with van der Waals surface area (Å²) < 4.78 is 15.9. The number of nitrogens with zero attached hydrogens (tertiary/aromatic N) is 1. The van der Waals surface area contributed by atoms with E-state index in [0.29, 0.717) is 6.54 Å². The molecule has 0 unspecified atom stereocenters. The number of aryl methyl sites for hydroxylation is 1. The molecule has 1 heterocycles. The van der Waals surface area contributed by atoms with Crippen molar-refractivity contribution >= 4 is 32.5 Å². The van der Waals surface area contributed by atoms with Gasteiger partial charge in [0.05, 0.1) is 0 Å². The van der Waals surface area contributed by atoms with Crippen molar-refractivity contribution in [2.75, 3.05) is 5.32 Å². The summed E-state index contributed by atoms with van der Waals surface area (Å²) >= 11 is 3.37. The summed E-state index contributed by atoms with van der Waals surface area (Å²) in [6, 6.07) is 13.0. The average Bonchev–Trinajstić information content (AvgIpc) is 2.75. The second kappa shape index (κ2) is 5.29. The number of anilines is 1. The second-order valence-electron chi connectivity index (χ2n) is 4.76. The highest BCUT2D eigenvalue weighted by Gasteiger charge is 2.07. The summed E-state index contributed by atoms with van der Waals surface area (Å²) in [6.45, 7) is 0.700. The first kappa shape index (κ1) is 13.2. The largest absolute Gasteiger partial charge is 0.380 e. The molecule has 1 N–H and O–H groups in total. The van der Waals surface area contributed by atoms with E-state index in [1.165, 1.54) is 28.6 Å². The maximum atomic E-state index is 13.1. The van der Waals surface area contributed by atoms with E-state index in [1.807, 2.05) is 19.2 Å². The number of fused-ring (bicyclic) bond motifs is 1. The molecule has 0 saturated heterocycles. The first-order valence-corrected chi connectivity index (χ1v) is 7.16. The fourth-order valence-corrected chi connectivity index (χ4v) is 2.88. The Kier molecular flexibility index (Phi) is 3.49. The summed E-state index contributed by atoms with van der Waals surface area (Å²) in [6.07, 6.45) is 2.12. The van der Waals surface area contributed by atoms with Gasteiger partial charge < -0.3 is 9.88 Å². The molecule has 0 atom stereocenters. The highest BCUT2D eigenvalue weighted by Crippen LogP contribution is 2.25. The third-order valence-corrected chi connectivity index (χ3v) is 4.04. The summed E-state index contributed by atoms with van der Waals surface area (Å²) in [5.74, 6) is -0.243. The van der Waals surface area contributed by atoms with E-state index >= 15 is 0 Å². The number of rotatable bonds is 3. The van der Waals surface area contributed by atoms with Crippen molar-refractivity contribution in [2.24, 2.45) is 7.05 Å². The topological polar surface area (TPSA) is 17.0 Å². The molecule has 20 heavy (non-hydrogen) atoms. The Morgan fingerprint density at radius 2 is 2.00 bits per heavy atom. The van der Waals surface area contributed by atoms with Crippen LogP contribution in [0, 0.1) is 5.82 Å². The van der Waals surface area contributed by atoms with Crippen LogP contribution in [-0.4, -0.2) is 4.57 Å². The van der Waals surface area contributed by atoms with E-state index in [0.717, 1.165) is 10.2 Å². The SMILES string of the molecule is Cn1cc(CNc2ccc(F)cc2Br)c2ccccc21. The van der Waals surface area contributed by atoms with Gasteiger partial charge in [-0.1, -0.05) is 18.2 Å². The van der Waals surface area contributed by atoms with Gasteiger partial charge >= 0.3 is 0 Å². The molecule has 3 aromatic rings. The molecule has 0 fully saturated rings. The molecular formula is C16H14BrFN2. The fraction of sp³-hybridized carbons (Fsp3) is 0.125. The van der Waals surface area contributed by atoms with Crippen LogP contribution in [-0.2, 0) is 13.6 Å². The zero-order valence-corrected chi connectivity index (χ0v) is 12.6. The highest BCUT2D eigenvalue weighted by molar-refractivity contribution is 9.10. The van der Waals surface area contributed by atoms with Gasteiger partial charge in [0.1, 0.15) is 5.82 Å². The van der Waals surface area contributed by atoms with Crippen LogP contribution < -0.4 is 5.32 Å². The quantitative estimate of drug-likeness (QED) is 0.736. The van der Waals surface area contributed by atoms with Gasteiger partial charge in [0.15, 0.2) is 0 Å². The molecule has 4 heteroatoms. The van der Waals surface area contributed by atoms with Crippen LogP contribution in [0.5, 0.6) is 0 Å². The number of hydrogen-bond donors (Lipinski definition) is 1. The predicted octanol–water partition coefficient (Wildman–Crippen LogP) is 4.69. The van der Waals surface area contributed by atoms with E-state index in [1.54, 1.807) is 6.07 Å². The Morgan fingerprint density at radius 3 is 2.80 bits per heavy atom. The molecule has 0 amide bonds. The van der Waals surface area contributed by atoms with Crippen molar-refractivity contribution < 1.29 is 4.39 Å². The molecular weight excluding hydrogens is 319 g/mol. The van der Waals surface area contributed by atoms with E-state index in [-0.39, 0.29) is 5.82 Å². The summed E-state index contributed by atoms with van der Waals surface area (Å²) in [5.41, 5.74) is 3.32. The van der Waals surface area contributed by atoms with Gasteiger partial charge in [-0.3, -0.25) is 0 Å². The van der Waals surface area contributed by atoms with Gasteiger partial charge in [-0.2, -0.15) is 0 Å². The minimum atomic E-state index is -0.243. The lowest BCUT2D eigenvalue weighted by Gasteiger charge is -2.08. The molecule has 0 aliphatic heterocycles. The molecule has 0 aliphatic carbocycles. The first-order chi connectivity index (χ1) is 9.65. The minimum Gasteiger partial charge on any atom is -0.380 e. The van der Waals surface area contributed by atoms with Crippen molar-refractivity contribution in [2.45, 2.75) is 6.54 Å². The summed E-state index contributed by atoms with van der Waals surface area (Å²) in [7, 11) is 2.04. The van der Waals surface area contributed by atoms with Crippen LogP contribution in [0.25, 0.3) is 10.9 Å². The van der Waals surface area contributed by atoms with E-state index in [9.17, 15) is 4.39 Å². The van der Waals surface area contributed by atoms with Crippen LogP contribution in [0.3, 0.4) is 0 Å². The molecule has 0 aliphatic rings. The Labute approximate surface area is 125 Å².